The van der Waals surface area contributed by atoms with Gasteiger partial charge in [-0.25, -0.2) is 4.39 Å². The van der Waals surface area contributed by atoms with E-state index in [0.717, 1.165) is 31.7 Å². The first-order valence-corrected chi connectivity index (χ1v) is 13.8. The molecule has 2 saturated carbocycles. The molecule has 222 valence electrons. The van der Waals surface area contributed by atoms with Gasteiger partial charge in [-0.05, 0) is 93.5 Å². The van der Waals surface area contributed by atoms with Crippen LogP contribution >= 0.6 is 0 Å². The lowest BCUT2D eigenvalue weighted by atomic mass is 9.88. The molecule has 3 amide bonds. The third-order valence-electron chi connectivity index (χ3n) is 7.65. The summed E-state index contributed by atoms with van der Waals surface area (Å²) in [6, 6.07) is 2.88. The molecular weight excluding hydrogens is 542 g/mol. The predicted octanol–water partition coefficient (Wildman–Crippen LogP) is 5.20. The third-order valence-corrected chi connectivity index (χ3v) is 7.65. The van der Waals surface area contributed by atoms with Crippen molar-refractivity contribution in [2.45, 2.75) is 70.6 Å². The zero-order valence-corrected chi connectivity index (χ0v) is 23.2. The summed E-state index contributed by atoms with van der Waals surface area (Å²) in [5.74, 6) is -3.49. The van der Waals surface area contributed by atoms with Crippen molar-refractivity contribution < 1.29 is 31.9 Å². The van der Waals surface area contributed by atoms with Gasteiger partial charge in [0, 0.05) is 12.2 Å². The van der Waals surface area contributed by atoms with Crippen molar-refractivity contribution in [3.05, 3.63) is 53.6 Å². The van der Waals surface area contributed by atoms with Crippen LogP contribution in [0.1, 0.15) is 80.0 Å². The third kappa shape index (κ3) is 7.34. The minimum atomic E-state index is -4.59. The van der Waals surface area contributed by atoms with Gasteiger partial charge in [-0.3, -0.25) is 19.1 Å². The molecule has 0 spiro atoms. The molecule has 2 aliphatic rings. The van der Waals surface area contributed by atoms with Gasteiger partial charge in [0.05, 0.1) is 11.6 Å². The molecule has 0 aliphatic heterocycles. The second-order valence-corrected chi connectivity index (χ2v) is 11.2. The standard InChI is InChI=1S/C29H35F4N5O3/c1-5-17-12-22(21(30)13-20(17)16(4)26(39)34-14-29(31,32)33)36-28(41)25(24(18-6-7-18)19-8-9-19)37-27(40)23-10-11-35-38(23)15(2)3/h5,10-13,15-16,18-19,24-25H,1,6-9,14H2,2-4H3,(H,34,39)(H,36,41)(H,37,40)/t16?,25-/m0/s1. The maximum Gasteiger partial charge on any atom is 0.405 e. The highest BCUT2D eigenvalue weighted by Crippen LogP contribution is 2.51. The van der Waals surface area contributed by atoms with Crippen molar-refractivity contribution in [3.63, 3.8) is 0 Å². The normalized spacial score (nSPS) is 16.8. The van der Waals surface area contributed by atoms with Gasteiger partial charge in [-0.1, -0.05) is 12.7 Å². The summed E-state index contributed by atoms with van der Waals surface area (Å²) in [6.07, 6.45) is 2.05. The number of halogens is 4. The molecular formula is C29H35F4N5O3. The minimum Gasteiger partial charge on any atom is -0.346 e. The van der Waals surface area contributed by atoms with Crippen LogP contribution in [0.5, 0.6) is 0 Å². The summed E-state index contributed by atoms with van der Waals surface area (Å²) in [7, 11) is 0. The Kier molecular flexibility index (Phi) is 8.89. The van der Waals surface area contributed by atoms with Gasteiger partial charge in [-0.15, -0.1) is 0 Å². The monoisotopic (exact) mass is 577 g/mol. The first-order valence-electron chi connectivity index (χ1n) is 13.8. The molecule has 0 bridgehead atoms. The number of nitrogens with zero attached hydrogens (tertiary/aromatic N) is 2. The van der Waals surface area contributed by atoms with E-state index in [4.69, 9.17) is 0 Å². The summed E-state index contributed by atoms with van der Waals surface area (Å²) in [5.41, 5.74) is 0.522. The molecule has 2 aliphatic carbocycles. The summed E-state index contributed by atoms with van der Waals surface area (Å²) in [5, 5.41) is 11.5. The molecule has 4 rings (SSSR count). The molecule has 2 fully saturated rings. The number of carbonyl (C=O) groups is 3. The van der Waals surface area contributed by atoms with Crippen LogP contribution in [0.15, 0.2) is 31.0 Å². The van der Waals surface area contributed by atoms with E-state index in [9.17, 15) is 27.6 Å². The molecule has 0 saturated heterocycles. The van der Waals surface area contributed by atoms with Gasteiger partial charge < -0.3 is 16.0 Å². The molecule has 1 aromatic heterocycles. The first kappa shape index (κ1) is 30.3. The van der Waals surface area contributed by atoms with Crippen molar-refractivity contribution in [1.82, 2.24) is 20.4 Å². The van der Waals surface area contributed by atoms with Crippen molar-refractivity contribution in [2.75, 3.05) is 11.9 Å². The Morgan fingerprint density at radius 2 is 1.73 bits per heavy atom. The molecule has 1 heterocycles. The van der Waals surface area contributed by atoms with Gasteiger partial charge in [0.1, 0.15) is 24.1 Å². The Hall–Kier alpha value is -3.70. The fraction of sp³-hybridized carbons (Fsp3) is 0.517. The van der Waals surface area contributed by atoms with Gasteiger partial charge in [0.2, 0.25) is 11.8 Å². The highest BCUT2D eigenvalue weighted by Gasteiger charge is 2.48. The lowest BCUT2D eigenvalue weighted by Crippen LogP contribution is -2.50. The van der Waals surface area contributed by atoms with E-state index in [0.29, 0.717) is 5.69 Å². The van der Waals surface area contributed by atoms with Gasteiger partial charge in [-0.2, -0.15) is 18.3 Å². The second-order valence-electron chi connectivity index (χ2n) is 11.2. The van der Waals surface area contributed by atoms with Crippen LogP contribution in [0.4, 0.5) is 23.2 Å². The van der Waals surface area contributed by atoms with Gasteiger partial charge in [0.15, 0.2) is 0 Å². The summed E-state index contributed by atoms with van der Waals surface area (Å²) in [6.45, 7) is 7.29. The topological polar surface area (TPSA) is 105 Å². The number of benzene rings is 1. The van der Waals surface area contributed by atoms with E-state index >= 15 is 4.39 Å². The summed E-state index contributed by atoms with van der Waals surface area (Å²) >= 11 is 0. The number of carbonyl (C=O) groups excluding carboxylic acids is 3. The van der Waals surface area contributed by atoms with E-state index in [1.165, 1.54) is 25.3 Å². The molecule has 0 radical (unpaired) electrons. The predicted molar refractivity (Wildman–Crippen MR) is 145 cm³/mol. The minimum absolute atomic E-state index is 0.0800. The molecule has 41 heavy (non-hydrogen) atoms. The fourth-order valence-corrected chi connectivity index (χ4v) is 5.29. The summed E-state index contributed by atoms with van der Waals surface area (Å²) in [4.78, 5) is 39.3. The largest absolute Gasteiger partial charge is 0.405 e. The van der Waals surface area contributed by atoms with Crippen LogP contribution in [-0.4, -0.2) is 46.3 Å². The number of anilines is 1. The van der Waals surface area contributed by atoms with Crippen molar-refractivity contribution in [3.8, 4) is 0 Å². The molecule has 1 unspecified atom stereocenters. The van der Waals surface area contributed by atoms with Crippen LogP contribution < -0.4 is 16.0 Å². The highest BCUT2D eigenvalue weighted by atomic mass is 19.4. The van der Waals surface area contributed by atoms with Gasteiger partial charge in [0.25, 0.3) is 5.91 Å². The molecule has 2 atom stereocenters. The number of aromatic nitrogens is 2. The number of hydrogen-bond acceptors (Lipinski definition) is 4. The average molecular weight is 578 g/mol. The lowest BCUT2D eigenvalue weighted by molar-refractivity contribution is -0.139. The second kappa shape index (κ2) is 12.0. The number of rotatable bonds is 12. The van der Waals surface area contributed by atoms with Crippen molar-refractivity contribution >= 4 is 29.5 Å². The average Bonchev–Trinajstić information content (AvgIpc) is 3.86. The van der Waals surface area contributed by atoms with Crippen LogP contribution in [-0.2, 0) is 9.59 Å². The highest BCUT2D eigenvalue weighted by molar-refractivity contribution is 6.01. The molecule has 2 aromatic rings. The fourth-order valence-electron chi connectivity index (χ4n) is 5.29. The lowest BCUT2D eigenvalue weighted by Gasteiger charge is -2.28. The number of amides is 3. The van der Waals surface area contributed by atoms with Crippen molar-refractivity contribution in [2.24, 2.45) is 17.8 Å². The van der Waals surface area contributed by atoms with E-state index in [1.807, 2.05) is 13.8 Å². The summed E-state index contributed by atoms with van der Waals surface area (Å²) < 4.78 is 54.5. The number of alkyl halides is 3. The van der Waals surface area contributed by atoms with Crippen LogP contribution in [0, 0.1) is 23.6 Å². The number of hydrogen-bond donors (Lipinski definition) is 3. The van der Waals surface area contributed by atoms with E-state index in [-0.39, 0.29) is 40.6 Å². The Bertz CT molecular complexity index is 1300. The zero-order valence-electron chi connectivity index (χ0n) is 23.2. The Labute approximate surface area is 235 Å². The zero-order chi connectivity index (χ0) is 30.1. The number of nitrogens with one attached hydrogen (secondary N) is 3. The Balaban J connectivity index is 1.57. The van der Waals surface area contributed by atoms with E-state index in [1.54, 1.807) is 16.1 Å². The molecule has 1 aromatic carbocycles. The maximum atomic E-state index is 15.3. The van der Waals surface area contributed by atoms with Crippen LogP contribution in [0.2, 0.25) is 0 Å². The van der Waals surface area contributed by atoms with Crippen molar-refractivity contribution in [1.29, 1.82) is 0 Å². The SMILES string of the molecule is C=Cc1cc(NC(=O)[C@@H](NC(=O)c2ccnn2C(C)C)C(C2CC2)C2CC2)c(F)cc1C(C)C(=O)NCC(F)(F)F. The smallest absolute Gasteiger partial charge is 0.346 e. The van der Waals surface area contributed by atoms with Gasteiger partial charge >= 0.3 is 6.18 Å². The molecule has 3 N–H and O–H groups in total. The van der Waals surface area contributed by atoms with E-state index < -0.39 is 48.2 Å². The van der Waals surface area contributed by atoms with Crippen LogP contribution in [0.25, 0.3) is 6.08 Å². The van der Waals surface area contributed by atoms with E-state index in [2.05, 4.69) is 22.3 Å². The maximum absolute atomic E-state index is 15.3. The van der Waals surface area contributed by atoms with Crippen LogP contribution in [0.3, 0.4) is 0 Å². The molecule has 8 nitrogen and oxygen atoms in total. The Morgan fingerprint density at radius 3 is 2.27 bits per heavy atom. The Morgan fingerprint density at radius 1 is 1.10 bits per heavy atom. The first-order chi connectivity index (χ1) is 19.3. The quantitative estimate of drug-likeness (QED) is 0.302. The molecule has 12 heteroatoms.